The lowest BCUT2D eigenvalue weighted by molar-refractivity contribution is -0.0289. The van der Waals surface area contributed by atoms with Gasteiger partial charge in [-0.1, -0.05) is 18.2 Å². The lowest BCUT2D eigenvalue weighted by atomic mass is 9.86. The fourth-order valence-corrected chi connectivity index (χ4v) is 3.32. The molecular weight excluding hydrogens is 252 g/mol. The minimum Gasteiger partial charge on any atom is -0.444 e. The molecule has 4 nitrogen and oxygen atoms in total. The Labute approximate surface area is 120 Å². The molecule has 0 radical (unpaired) electrons. The maximum Gasteiger partial charge on any atom is 0.411 e. The first-order valence-corrected chi connectivity index (χ1v) is 7.39. The molecule has 3 heterocycles. The number of carbonyl (C=O) groups is 1. The Morgan fingerprint density at radius 2 is 1.90 bits per heavy atom. The largest absolute Gasteiger partial charge is 0.444 e. The zero-order valence-corrected chi connectivity index (χ0v) is 12.2. The van der Waals surface area contributed by atoms with E-state index in [9.17, 15) is 4.79 Å². The number of carbonyl (C=O) groups excluding carboxylic acids is 1. The number of piperidine rings is 3. The van der Waals surface area contributed by atoms with Gasteiger partial charge in [0.1, 0.15) is 6.10 Å². The molecule has 0 aliphatic carbocycles. The molecule has 1 amide bonds. The van der Waals surface area contributed by atoms with Gasteiger partial charge in [-0.25, -0.2) is 4.79 Å². The highest BCUT2D eigenvalue weighted by Crippen LogP contribution is 2.30. The van der Waals surface area contributed by atoms with E-state index in [0.29, 0.717) is 5.92 Å². The van der Waals surface area contributed by atoms with E-state index in [1.165, 1.54) is 0 Å². The number of rotatable bonds is 2. The van der Waals surface area contributed by atoms with Gasteiger partial charge in [-0.3, -0.25) is 10.2 Å². The van der Waals surface area contributed by atoms with Crippen LogP contribution in [-0.2, 0) is 4.74 Å². The molecule has 3 aliphatic rings. The normalized spacial score (nSPS) is 28.2. The highest BCUT2D eigenvalue weighted by Gasteiger charge is 2.36. The number of hydrogen-bond acceptors (Lipinski definition) is 3. The minimum absolute atomic E-state index is 0.0572. The fourth-order valence-electron chi connectivity index (χ4n) is 3.32. The number of ether oxygens (including phenoxy) is 1. The van der Waals surface area contributed by atoms with Gasteiger partial charge in [-0.05, 0) is 56.8 Å². The topological polar surface area (TPSA) is 41.6 Å². The van der Waals surface area contributed by atoms with Crippen LogP contribution in [0.25, 0.3) is 0 Å². The van der Waals surface area contributed by atoms with Crippen LogP contribution in [0.5, 0.6) is 0 Å². The van der Waals surface area contributed by atoms with Crippen molar-refractivity contribution in [3.05, 3.63) is 29.3 Å². The van der Waals surface area contributed by atoms with Crippen molar-refractivity contribution in [3.8, 4) is 0 Å². The lowest BCUT2D eigenvalue weighted by Crippen LogP contribution is -2.52. The summed E-state index contributed by atoms with van der Waals surface area (Å²) in [5.41, 5.74) is 3.01. The van der Waals surface area contributed by atoms with Crippen molar-refractivity contribution in [3.63, 3.8) is 0 Å². The van der Waals surface area contributed by atoms with Gasteiger partial charge < -0.3 is 4.74 Å². The summed E-state index contributed by atoms with van der Waals surface area (Å²) in [6, 6.07) is 5.99. The van der Waals surface area contributed by atoms with Crippen LogP contribution >= 0.6 is 0 Å². The Balaban J connectivity index is 1.63. The smallest absolute Gasteiger partial charge is 0.411 e. The van der Waals surface area contributed by atoms with Crippen molar-refractivity contribution in [1.82, 2.24) is 4.90 Å². The first-order chi connectivity index (χ1) is 9.63. The summed E-state index contributed by atoms with van der Waals surface area (Å²) in [6.07, 6.45) is 2.05. The molecule has 3 saturated heterocycles. The number of anilines is 1. The number of hydrogen-bond donors (Lipinski definition) is 1. The standard InChI is InChI=1S/C16H22N2O2/c1-11-4-3-5-12(2)15(11)17-16(19)20-14-10-18-8-6-13(14)7-9-18/h3-5,13-14H,6-10H2,1-2H3,(H,17,19). The molecule has 4 heteroatoms. The zero-order chi connectivity index (χ0) is 14.1. The third-order valence-corrected chi connectivity index (χ3v) is 4.56. The number of nitrogens with zero attached hydrogens (tertiary/aromatic N) is 1. The van der Waals surface area contributed by atoms with E-state index < -0.39 is 0 Å². The van der Waals surface area contributed by atoms with Crippen LogP contribution in [0, 0.1) is 19.8 Å². The van der Waals surface area contributed by atoms with Crippen LogP contribution in [0.2, 0.25) is 0 Å². The van der Waals surface area contributed by atoms with Crippen molar-refractivity contribution >= 4 is 11.8 Å². The molecule has 3 fully saturated rings. The zero-order valence-electron chi connectivity index (χ0n) is 12.2. The van der Waals surface area contributed by atoms with E-state index in [-0.39, 0.29) is 12.2 Å². The van der Waals surface area contributed by atoms with E-state index in [0.717, 1.165) is 49.3 Å². The molecule has 3 aliphatic heterocycles. The Kier molecular flexibility index (Phi) is 3.66. The van der Waals surface area contributed by atoms with Crippen LogP contribution in [0.3, 0.4) is 0 Å². The Morgan fingerprint density at radius 1 is 1.25 bits per heavy atom. The van der Waals surface area contributed by atoms with Crippen LogP contribution in [-0.4, -0.2) is 36.7 Å². The molecule has 0 saturated carbocycles. The second-order valence-corrected chi connectivity index (χ2v) is 5.97. The van der Waals surface area contributed by atoms with Gasteiger partial charge >= 0.3 is 6.09 Å². The van der Waals surface area contributed by atoms with Gasteiger partial charge in [0, 0.05) is 12.2 Å². The molecule has 2 bridgehead atoms. The van der Waals surface area contributed by atoms with E-state index in [2.05, 4.69) is 10.2 Å². The quantitative estimate of drug-likeness (QED) is 0.901. The number of para-hydroxylation sites is 1. The monoisotopic (exact) mass is 274 g/mol. The van der Waals surface area contributed by atoms with Crippen LogP contribution < -0.4 is 5.32 Å². The van der Waals surface area contributed by atoms with E-state index in [4.69, 9.17) is 4.74 Å². The predicted octanol–water partition coefficient (Wildman–Crippen LogP) is 2.95. The van der Waals surface area contributed by atoms with Gasteiger partial charge in [-0.15, -0.1) is 0 Å². The second kappa shape index (κ2) is 5.44. The fraction of sp³-hybridized carbons (Fsp3) is 0.562. The van der Waals surface area contributed by atoms with Gasteiger partial charge in [0.05, 0.1) is 0 Å². The lowest BCUT2D eigenvalue weighted by Gasteiger charge is -2.43. The number of amides is 1. The Hall–Kier alpha value is -1.55. The number of benzene rings is 1. The second-order valence-electron chi connectivity index (χ2n) is 5.97. The summed E-state index contributed by atoms with van der Waals surface area (Å²) in [5, 5.41) is 2.91. The van der Waals surface area contributed by atoms with Crippen molar-refractivity contribution < 1.29 is 9.53 Å². The molecule has 0 aromatic heterocycles. The third kappa shape index (κ3) is 2.66. The number of fused-ring (bicyclic) bond motifs is 3. The van der Waals surface area contributed by atoms with Crippen molar-refractivity contribution in [2.24, 2.45) is 5.92 Å². The van der Waals surface area contributed by atoms with Gasteiger partial charge in [0.15, 0.2) is 0 Å². The summed E-state index contributed by atoms with van der Waals surface area (Å²) in [6.45, 7) is 7.20. The molecule has 0 spiro atoms. The van der Waals surface area contributed by atoms with Crippen LogP contribution in [0.1, 0.15) is 24.0 Å². The first-order valence-electron chi connectivity index (χ1n) is 7.39. The van der Waals surface area contributed by atoms with Gasteiger partial charge in [0.2, 0.25) is 0 Å². The summed E-state index contributed by atoms with van der Waals surface area (Å²) in [7, 11) is 0. The van der Waals surface area contributed by atoms with Crippen LogP contribution in [0.15, 0.2) is 18.2 Å². The molecule has 4 rings (SSSR count). The molecule has 1 aromatic rings. The summed E-state index contributed by atoms with van der Waals surface area (Å²) < 4.78 is 5.65. The van der Waals surface area contributed by atoms with E-state index >= 15 is 0 Å². The average molecular weight is 274 g/mol. The van der Waals surface area contributed by atoms with E-state index in [1.807, 2.05) is 32.0 Å². The number of aryl methyl sites for hydroxylation is 2. The SMILES string of the molecule is Cc1cccc(C)c1NC(=O)OC1CN2CCC1CC2. The maximum absolute atomic E-state index is 12.1. The molecule has 20 heavy (non-hydrogen) atoms. The highest BCUT2D eigenvalue weighted by molar-refractivity contribution is 5.86. The average Bonchev–Trinajstić information content (AvgIpc) is 2.44. The molecule has 1 N–H and O–H groups in total. The van der Waals surface area contributed by atoms with Crippen molar-refractivity contribution in [1.29, 1.82) is 0 Å². The summed E-state index contributed by atoms with van der Waals surface area (Å²) in [5.74, 6) is 0.545. The van der Waals surface area contributed by atoms with Crippen molar-refractivity contribution in [2.45, 2.75) is 32.8 Å². The Bertz CT molecular complexity index is 487. The molecule has 1 unspecified atom stereocenters. The Morgan fingerprint density at radius 3 is 2.45 bits per heavy atom. The number of nitrogens with one attached hydrogen (secondary N) is 1. The highest BCUT2D eigenvalue weighted by atomic mass is 16.6. The summed E-state index contributed by atoms with van der Waals surface area (Å²) >= 11 is 0. The third-order valence-electron chi connectivity index (χ3n) is 4.56. The van der Waals surface area contributed by atoms with Gasteiger partial charge in [-0.2, -0.15) is 0 Å². The minimum atomic E-state index is -0.318. The van der Waals surface area contributed by atoms with E-state index in [1.54, 1.807) is 0 Å². The van der Waals surface area contributed by atoms with Gasteiger partial charge in [0.25, 0.3) is 0 Å². The summed E-state index contributed by atoms with van der Waals surface area (Å²) in [4.78, 5) is 14.5. The maximum atomic E-state index is 12.1. The van der Waals surface area contributed by atoms with Crippen LogP contribution in [0.4, 0.5) is 10.5 Å². The molecule has 1 aromatic carbocycles. The first kappa shape index (κ1) is 13.4. The molecule has 108 valence electrons. The van der Waals surface area contributed by atoms with Crippen molar-refractivity contribution in [2.75, 3.05) is 25.0 Å². The predicted molar refractivity (Wildman–Crippen MR) is 79.0 cm³/mol. The molecular formula is C16H22N2O2. The molecule has 1 atom stereocenters.